The van der Waals surface area contributed by atoms with Gasteiger partial charge >= 0.3 is 0 Å². The monoisotopic (exact) mass is 772 g/mol. The summed E-state index contributed by atoms with van der Waals surface area (Å²) in [4.78, 5) is 41.7. The summed E-state index contributed by atoms with van der Waals surface area (Å²) in [6, 6.07) is 23.7. The minimum Gasteiger partial charge on any atom is -0.487 e. The van der Waals surface area contributed by atoms with Gasteiger partial charge in [0.1, 0.15) is 12.4 Å². The molecule has 1 aliphatic heterocycles. The molecule has 47 heavy (non-hydrogen) atoms. The third kappa shape index (κ3) is 5.86. The number of benzene rings is 4. The van der Waals surface area contributed by atoms with Gasteiger partial charge in [-0.1, -0.05) is 63.7 Å². The first kappa shape index (κ1) is 30.9. The molecule has 0 saturated heterocycles. The maximum atomic E-state index is 14.3. The summed E-state index contributed by atoms with van der Waals surface area (Å²) in [5.41, 5.74) is 5.59. The van der Waals surface area contributed by atoms with Crippen molar-refractivity contribution in [3.63, 3.8) is 0 Å². The van der Waals surface area contributed by atoms with Crippen molar-refractivity contribution in [3.8, 4) is 5.75 Å². The number of ether oxygens (including phenoxy) is 1. The Morgan fingerprint density at radius 1 is 0.936 bits per heavy atom. The van der Waals surface area contributed by atoms with Crippen LogP contribution >= 0.6 is 43.2 Å². The zero-order valence-corrected chi connectivity index (χ0v) is 28.2. The predicted octanol–water partition coefficient (Wildman–Crippen LogP) is 7.24. The van der Waals surface area contributed by atoms with E-state index in [-0.39, 0.29) is 23.5 Å². The third-order valence-corrected chi connectivity index (χ3v) is 10.2. The number of halogens is 2. The van der Waals surface area contributed by atoms with E-state index in [0.717, 1.165) is 33.3 Å². The molecule has 0 N–H and O–H groups in total. The SMILES string of the molecule is O=c1/c(=C/c2cc(Br)cc(Br)c2OCc2ccc([N+](=O)[O-])cc2)sc2n1C(c1cccc([N+](=O)[O-])c1)C1=C(N=2)c2ccccc2CC1. The standard InChI is InChI=1S/C34H22Br2N4O6S/c35-23-14-22(32(28(36)17-23)46-18-19-8-11-24(12-9-19)39(42)43)16-29-33(41)38-31(21-5-3-6-25(15-21)40(44)45)27-13-10-20-4-1-2-7-26(20)30(27)37-34(38)47-29/h1-9,11-12,14-17,31H,10,13,18H2/b29-16-. The van der Waals surface area contributed by atoms with Crippen molar-refractivity contribution in [2.45, 2.75) is 25.5 Å². The second kappa shape index (κ2) is 12.5. The van der Waals surface area contributed by atoms with Crippen LogP contribution in [0.25, 0.3) is 11.8 Å². The fourth-order valence-corrected chi connectivity index (χ4v) is 8.35. The van der Waals surface area contributed by atoms with Gasteiger partial charge in [0.25, 0.3) is 16.9 Å². The van der Waals surface area contributed by atoms with E-state index >= 15 is 0 Å². The summed E-state index contributed by atoms with van der Waals surface area (Å²) < 4.78 is 9.66. The summed E-state index contributed by atoms with van der Waals surface area (Å²) >= 11 is 8.37. The van der Waals surface area contributed by atoms with E-state index in [0.29, 0.717) is 37.1 Å². The molecule has 13 heteroatoms. The van der Waals surface area contributed by atoms with E-state index < -0.39 is 15.9 Å². The number of nitro benzene ring substituents is 2. The average molecular weight is 774 g/mol. The van der Waals surface area contributed by atoms with Crippen LogP contribution in [0.4, 0.5) is 11.4 Å². The summed E-state index contributed by atoms with van der Waals surface area (Å²) in [6.07, 6.45) is 3.18. The number of aromatic nitrogens is 1. The molecule has 10 nitrogen and oxygen atoms in total. The van der Waals surface area contributed by atoms with Crippen LogP contribution in [-0.2, 0) is 13.0 Å². The molecule has 1 atom stereocenters. The lowest BCUT2D eigenvalue weighted by atomic mass is 9.83. The summed E-state index contributed by atoms with van der Waals surface area (Å²) in [5, 5.41) is 22.8. The molecule has 234 valence electrons. The van der Waals surface area contributed by atoms with Gasteiger partial charge in [-0.25, -0.2) is 4.99 Å². The Morgan fingerprint density at radius 3 is 2.47 bits per heavy atom. The van der Waals surface area contributed by atoms with E-state index in [9.17, 15) is 25.0 Å². The van der Waals surface area contributed by atoms with Gasteiger partial charge in [-0.05, 0) is 81.4 Å². The van der Waals surface area contributed by atoms with Gasteiger partial charge in [0.15, 0.2) is 4.80 Å². The largest absolute Gasteiger partial charge is 0.487 e. The van der Waals surface area contributed by atoms with Crippen LogP contribution in [0.3, 0.4) is 0 Å². The quantitative estimate of drug-likeness (QED) is 0.127. The Labute approximate surface area is 287 Å². The molecule has 1 unspecified atom stereocenters. The first-order valence-corrected chi connectivity index (χ1v) is 16.8. The van der Waals surface area contributed by atoms with Gasteiger partial charge in [-0.3, -0.25) is 29.6 Å². The number of nitrogens with zero attached hydrogens (tertiary/aromatic N) is 4. The molecular weight excluding hydrogens is 752 g/mol. The molecule has 4 aromatic carbocycles. The Hall–Kier alpha value is -4.72. The molecule has 0 radical (unpaired) electrons. The molecule has 0 bridgehead atoms. The smallest absolute Gasteiger partial charge is 0.271 e. The van der Waals surface area contributed by atoms with E-state index in [2.05, 4.69) is 37.9 Å². The molecule has 0 amide bonds. The number of rotatable bonds is 7. The van der Waals surface area contributed by atoms with Crippen LogP contribution in [0.2, 0.25) is 0 Å². The third-order valence-electron chi connectivity index (χ3n) is 8.12. The maximum absolute atomic E-state index is 14.3. The number of allylic oxidation sites excluding steroid dienone is 1. The molecule has 0 spiro atoms. The first-order chi connectivity index (χ1) is 22.7. The molecule has 0 fully saturated rings. The van der Waals surface area contributed by atoms with Crippen LogP contribution < -0.4 is 19.6 Å². The van der Waals surface area contributed by atoms with Crippen molar-refractivity contribution < 1.29 is 14.6 Å². The van der Waals surface area contributed by atoms with Gasteiger partial charge in [-0.15, -0.1) is 0 Å². The van der Waals surface area contributed by atoms with Gasteiger partial charge in [-0.2, -0.15) is 0 Å². The number of thiazole rings is 1. The van der Waals surface area contributed by atoms with Crippen molar-refractivity contribution in [2.24, 2.45) is 4.99 Å². The van der Waals surface area contributed by atoms with Crippen molar-refractivity contribution >= 4 is 66.3 Å². The minimum absolute atomic E-state index is 0.0109. The highest BCUT2D eigenvalue weighted by Crippen LogP contribution is 2.42. The van der Waals surface area contributed by atoms with Crippen LogP contribution in [0.15, 0.2) is 109 Å². The molecule has 1 aromatic heterocycles. The second-order valence-corrected chi connectivity index (χ2v) is 13.8. The van der Waals surface area contributed by atoms with E-state index in [4.69, 9.17) is 9.73 Å². The van der Waals surface area contributed by atoms with Crippen LogP contribution in [0, 0.1) is 20.2 Å². The van der Waals surface area contributed by atoms with E-state index in [1.165, 1.54) is 41.2 Å². The molecule has 2 heterocycles. The summed E-state index contributed by atoms with van der Waals surface area (Å²) in [6.45, 7) is 0.138. The fourth-order valence-electron chi connectivity index (χ4n) is 5.98. The van der Waals surface area contributed by atoms with Crippen molar-refractivity contribution in [1.82, 2.24) is 4.57 Å². The predicted molar refractivity (Wildman–Crippen MR) is 185 cm³/mol. The molecular formula is C34H22Br2N4O6S. The first-order valence-electron chi connectivity index (χ1n) is 14.4. The Bertz CT molecular complexity index is 2330. The molecule has 5 aromatic rings. The minimum atomic E-state index is -0.566. The van der Waals surface area contributed by atoms with Crippen LogP contribution in [0.1, 0.15) is 40.3 Å². The van der Waals surface area contributed by atoms with Gasteiger partial charge in [0, 0.05) is 39.9 Å². The molecule has 0 saturated carbocycles. The van der Waals surface area contributed by atoms with E-state index in [1.807, 2.05) is 36.4 Å². The van der Waals surface area contributed by atoms with Crippen LogP contribution in [-0.4, -0.2) is 14.4 Å². The zero-order valence-electron chi connectivity index (χ0n) is 24.3. The highest BCUT2D eigenvalue weighted by atomic mass is 79.9. The Kier molecular flexibility index (Phi) is 8.20. The van der Waals surface area contributed by atoms with Crippen molar-refractivity contribution in [1.29, 1.82) is 0 Å². The number of hydrogen-bond donors (Lipinski definition) is 0. The Morgan fingerprint density at radius 2 is 1.70 bits per heavy atom. The number of non-ortho nitro benzene ring substituents is 2. The van der Waals surface area contributed by atoms with Gasteiger partial charge < -0.3 is 4.74 Å². The molecule has 1 aliphatic carbocycles. The van der Waals surface area contributed by atoms with Crippen molar-refractivity contribution in [2.75, 3.05) is 0 Å². The number of hydrogen-bond acceptors (Lipinski definition) is 8. The van der Waals surface area contributed by atoms with Crippen LogP contribution in [0.5, 0.6) is 5.75 Å². The second-order valence-electron chi connectivity index (χ2n) is 11.0. The highest BCUT2D eigenvalue weighted by molar-refractivity contribution is 9.11. The lowest BCUT2D eigenvalue weighted by Crippen LogP contribution is -2.38. The highest BCUT2D eigenvalue weighted by Gasteiger charge is 2.33. The lowest BCUT2D eigenvalue weighted by molar-refractivity contribution is -0.385. The summed E-state index contributed by atoms with van der Waals surface area (Å²) in [5.74, 6) is 0.487. The van der Waals surface area contributed by atoms with Crippen molar-refractivity contribution in [3.05, 3.63) is 167 Å². The normalized spacial score (nSPS) is 15.4. The molecule has 7 rings (SSSR count). The number of nitro groups is 2. The number of fused-ring (bicyclic) bond motifs is 3. The summed E-state index contributed by atoms with van der Waals surface area (Å²) in [7, 11) is 0. The average Bonchev–Trinajstić information content (AvgIpc) is 3.37. The van der Waals surface area contributed by atoms with E-state index in [1.54, 1.807) is 28.8 Å². The lowest BCUT2D eigenvalue weighted by Gasteiger charge is -2.30. The molecule has 2 aliphatic rings. The maximum Gasteiger partial charge on any atom is 0.271 e. The fraction of sp³-hybridized carbons (Fsp3) is 0.118. The van der Waals surface area contributed by atoms with Gasteiger partial charge in [0.2, 0.25) is 0 Å². The Balaban J connectivity index is 1.37. The van der Waals surface area contributed by atoms with Gasteiger partial charge in [0.05, 0.1) is 30.6 Å². The topological polar surface area (TPSA) is 130 Å². The number of aryl methyl sites for hydroxylation is 1. The zero-order chi connectivity index (χ0) is 32.8.